The molecule has 1 saturated heterocycles. The number of aromatic amines is 1. The van der Waals surface area contributed by atoms with Crippen LogP contribution in [-0.4, -0.2) is 62.8 Å². The van der Waals surface area contributed by atoms with Crippen molar-refractivity contribution in [1.82, 2.24) is 25.2 Å². The van der Waals surface area contributed by atoms with Crippen molar-refractivity contribution in [3.63, 3.8) is 0 Å². The molecule has 0 bridgehead atoms. The topological polar surface area (TPSA) is 100 Å². The van der Waals surface area contributed by atoms with Gasteiger partial charge >= 0.3 is 0 Å². The lowest BCUT2D eigenvalue weighted by molar-refractivity contribution is -0.127. The molecular weight excluding hydrogens is 396 g/mol. The number of carbonyl (C=O) groups excluding carboxylic acids is 2. The number of amides is 2. The first kappa shape index (κ1) is 21.7. The Balaban J connectivity index is 1.70. The zero-order valence-electron chi connectivity index (χ0n) is 17.0. The number of nitrogens with zero attached hydrogens (tertiary/aromatic N) is 3. The van der Waals surface area contributed by atoms with Gasteiger partial charge in [-0.05, 0) is 13.0 Å². The summed E-state index contributed by atoms with van der Waals surface area (Å²) in [5.74, 6) is -3.55. The standard InChI is InChI=1S/C20H25F2N5O3/c1-4-16(28)27-8-6-13(7-9-27)30-15-11-24-18-17(26-15)14(10-23-18)19(29)25-12(3)20(21,22)5-2/h4,10-13H,1,5-9H2,2-3H3,(H,23,24)(H,25,29). The van der Waals surface area contributed by atoms with Crippen LogP contribution in [0.5, 0.6) is 5.88 Å². The predicted octanol–water partition coefficient (Wildman–Crippen LogP) is 2.68. The summed E-state index contributed by atoms with van der Waals surface area (Å²) in [5.41, 5.74) is 0.721. The third-order valence-electron chi connectivity index (χ3n) is 5.27. The molecule has 0 aromatic carbocycles. The Morgan fingerprint density at radius 3 is 2.80 bits per heavy atom. The van der Waals surface area contributed by atoms with Gasteiger partial charge in [0.05, 0.1) is 17.8 Å². The second kappa shape index (κ2) is 8.76. The third kappa shape index (κ3) is 4.58. The van der Waals surface area contributed by atoms with Gasteiger partial charge in [0.1, 0.15) is 11.6 Å². The minimum absolute atomic E-state index is 0.111. The van der Waals surface area contributed by atoms with E-state index in [1.807, 2.05) is 0 Å². The number of likely N-dealkylation sites (tertiary alicyclic amines) is 1. The Kier molecular flexibility index (Phi) is 6.33. The van der Waals surface area contributed by atoms with Crippen molar-refractivity contribution >= 4 is 23.0 Å². The van der Waals surface area contributed by atoms with Crippen LogP contribution in [0.3, 0.4) is 0 Å². The summed E-state index contributed by atoms with van der Waals surface area (Å²) >= 11 is 0. The van der Waals surface area contributed by atoms with Crippen molar-refractivity contribution in [2.75, 3.05) is 13.1 Å². The van der Waals surface area contributed by atoms with Crippen LogP contribution in [0, 0.1) is 0 Å². The maximum Gasteiger partial charge on any atom is 0.267 e. The fourth-order valence-corrected chi connectivity index (χ4v) is 3.29. The molecule has 10 heteroatoms. The largest absolute Gasteiger partial charge is 0.473 e. The van der Waals surface area contributed by atoms with Crippen LogP contribution >= 0.6 is 0 Å². The van der Waals surface area contributed by atoms with Gasteiger partial charge in [0.15, 0.2) is 5.65 Å². The summed E-state index contributed by atoms with van der Waals surface area (Å²) in [6.07, 6.45) is 4.85. The number of alkyl halides is 2. The van der Waals surface area contributed by atoms with Gasteiger partial charge in [-0.2, -0.15) is 0 Å². The lowest BCUT2D eigenvalue weighted by Gasteiger charge is -2.31. The number of rotatable bonds is 7. The number of aromatic nitrogens is 3. The minimum Gasteiger partial charge on any atom is -0.473 e. The normalized spacial score (nSPS) is 16.3. The maximum absolute atomic E-state index is 13.8. The average Bonchev–Trinajstić information content (AvgIpc) is 3.17. The van der Waals surface area contributed by atoms with Crippen LogP contribution in [0.15, 0.2) is 25.0 Å². The Labute approximate surface area is 172 Å². The van der Waals surface area contributed by atoms with E-state index < -0.39 is 17.9 Å². The Bertz CT molecular complexity index is 938. The molecule has 0 spiro atoms. The van der Waals surface area contributed by atoms with Crippen LogP contribution in [-0.2, 0) is 4.79 Å². The first-order valence-corrected chi connectivity index (χ1v) is 9.86. The van der Waals surface area contributed by atoms with E-state index in [1.165, 1.54) is 32.3 Å². The van der Waals surface area contributed by atoms with E-state index in [1.54, 1.807) is 4.90 Å². The van der Waals surface area contributed by atoms with Crippen LogP contribution in [0.1, 0.15) is 43.5 Å². The maximum atomic E-state index is 13.8. The molecule has 2 amide bonds. The fraction of sp³-hybridized carbons (Fsp3) is 0.500. The van der Waals surface area contributed by atoms with E-state index >= 15 is 0 Å². The second-order valence-electron chi connectivity index (χ2n) is 7.26. The highest BCUT2D eigenvalue weighted by molar-refractivity contribution is 6.04. The van der Waals surface area contributed by atoms with Crippen molar-refractivity contribution in [1.29, 1.82) is 0 Å². The van der Waals surface area contributed by atoms with Crippen LogP contribution < -0.4 is 10.1 Å². The molecule has 1 unspecified atom stereocenters. The number of carbonyl (C=O) groups is 2. The first-order chi connectivity index (χ1) is 14.2. The van der Waals surface area contributed by atoms with E-state index in [0.29, 0.717) is 31.6 Å². The lowest BCUT2D eigenvalue weighted by atomic mass is 10.1. The zero-order chi connectivity index (χ0) is 21.9. The molecule has 0 aliphatic carbocycles. The fourth-order valence-electron chi connectivity index (χ4n) is 3.29. The number of hydrogen-bond donors (Lipinski definition) is 2. The van der Waals surface area contributed by atoms with Gasteiger partial charge in [-0.15, -0.1) is 0 Å². The Morgan fingerprint density at radius 2 is 2.17 bits per heavy atom. The number of hydrogen-bond acceptors (Lipinski definition) is 5. The van der Waals surface area contributed by atoms with Gasteiger partial charge in [0, 0.05) is 38.5 Å². The van der Waals surface area contributed by atoms with E-state index in [0.717, 1.165) is 0 Å². The molecule has 1 aliphatic rings. The molecule has 0 saturated carbocycles. The third-order valence-corrected chi connectivity index (χ3v) is 5.27. The molecule has 1 atom stereocenters. The van der Waals surface area contributed by atoms with E-state index in [4.69, 9.17) is 4.74 Å². The number of fused-ring (bicyclic) bond motifs is 1. The molecule has 3 heterocycles. The Hall–Kier alpha value is -3.04. The van der Waals surface area contributed by atoms with Crippen molar-refractivity contribution in [2.24, 2.45) is 0 Å². The number of H-pyrrole nitrogens is 1. The smallest absolute Gasteiger partial charge is 0.267 e. The molecule has 1 aliphatic heterocycles. The van der Waals surface area contributed by atoms with Gasteiger partial charge < -0.3 is 19.9 Å². The van der Waals surface area contributed by atoms with Crippen LogP contribution in [0.4, 0.5) is 8.78 Å². The lowest BCUT2D eigenvalue weighted by Crippen LogP contribution is -2.45. The van der Waals surface area contributed by atoms with Gasteiger partial charge in [0.2, 0.25) is 11.8 Å². The highest BCUT2D eigenvalue weighted by Crippen LogP contribution is 2.24. The molecule has 0 radical (unpaired) electrons. The van der Waals surface area contributed by atoms with Crippen molar-refractivity contribution in [3.05, 3.63) is 30.6 Å². The monoisotopic (exact) mass is 421 g/mol. The molecule has 30 heavy (non-hydrogen) atoms. The average molecular weight is 421 g/mol. The quantitative estimate of drug-likeness (QED) is 0.670. The van der Waals surface area contributed by atoms with Crippen LogP contribution in [0.25, 0.3) is 11.2 Å². The molecule has 1 fully saturated rings. The molecule has 8 nitrogen and oxygen atoms in total. The first-order valence-electron chi connectivity index (χ1n) is 9.86. The minimum atomic E-state index is -3.01. The summed E-state index contributed by atoms with van der Waals surface area (Å²) in [5, 5.41) is 2.32. The van der Waals surface area contributed by atoms with Gasteiger partial charge in [-0.3, -0.25) is 9.59 Å². The summed E-state index contributed by atoms with van der Waals surface area (Å²) in [7, 11) is 0. The van der Waals surface area contributed by atoms with Gasteiger partial charge in [0.25, 0.3) is 11.8 Å². The molecular formula is C20H25F2N5O3. The van der Waals surface area contributed by atoms with Crippen molar-refractivity contribution in [3.8, 4) is 5.88 Å². The van der Waals surface area contributed by atoms with E-state index in [9.17, 15) is 18.4 Å². The number of halogens is 2. The predicted molar refractivity (Wildman–Crippen MR) is 106 cm³/mol. The molecule has 3 rings (SSSR count). The molecule has 2 aromatic rings. The number of nitrogens with one attached hydrogen (secondary N) is 2. The summed E-state index contributed by atoms with van der Waals surface area (Å²) in [6, 6.07) is -1.32. The number of ether oxygens (including phenoxy) is 1. The van der Waals surface area contributed by atoms with Crippen molar-refractivity contribution in [2.45, 2.75) is 51.2 Å². The highest BCUT2D eigenvalue weighted by atomic mass is 19.3. The second-order valence-corrected chi connectivity index (χ2v) is 7.26. The summed E-state index contributed by atoms with van der Waals surface area (Å²) < 4.78 is 33.5. The zero-order valence-corrected chi connectivity index (χ0v) is 17.0. The van der Waals surface area contributed by atoms with E-state index in [-0.39, 0.29) is 35.4 Å². The van der Waals surface area contributed by atoms with Gasteiger partial charge in [-0.1, -0.05) is 13.5 Å². The van der Waals surface area contributed by atoms with Crippen molar-refractivity contribution < 1.29 is 23.1 Å². The summed E-state index contributed by atoms with van der Waals surface area (Å²) in [4.78, 5) is 37.2. The molecule has 2 N–H and O–H groups in total. The molecule has 2 aromatic heterocycles. The van der Waals surface area contributed by atoms with E-state index in [2.05, 4.69) is 26.8 Å². The summed E-state index contributed by atoms with van der Waals surface area (Å²) in [6.45, 7) is 7.21. The highest BCUT2D eigenvalue weighted by Gasteiger charge is 2.35. The Morgan fingerprint density at radius 1 is 1.47 bits per heavy atom. The SMILES string of the molecule is C=CC(=O)N1CCC(Oc2cnc3[nH]cc(C(=O)NC(C)C(F)(F)CC)c3n2)CC1. The molecule has 162 valence electrons. The van der Waals surface area contributed by atoms with Crippen LogP contribution in [0.2, 0.25) is 0 Å². The van der Waals surface area contributed by atoms with Gasteiger partial charge in [-0.25, -0.2) is 18.7 Å². The number of piperidine rings is 1.